The number of ether oxygens (including phenoxy) is 1. The molecule has 1 aromatic carbocycles. The quantitative estimate of drug-likeness (QED) is 0.888. The molecule has 138 valence electrons. The van der Waals surface area contributed by atoms with Gasteiger partial charge in [-0.2, -0.15) is 0 Å². The number of benzene rings is 1. The molecule has 1 aliphatic carbocycles. The number of likely N-dealkylation sites (tertiary alicyclic amines) is 1. The molecule has 3 fully saturated rings. The molecule has 2 heterocycles. The van der Waals surface area contributed by atoms with Gasteiger partial charge in [0.2, 0.25) is 11.8 Å². The fourth-order valence-corrected chi connectivity index (χ4v) is 4.89. The smallest absolute Gasteiger partial charge is 0.249 e. The fraction of sp³-hybridized carbons (Fsp3) is 0.550. The lowest BCUT2D eigenvalue weighted by molar-refractivity contribution is -0.138. The van der Waals surface area contributed by atoms with Gasteiger partial charge in [-0.3, -0.25) is 14.4 Å². The average molecular weight is 356 g/mol. The normalized spacial score (nSPS) is 26.9. The van der Waals surface area contributed by atoms with Gasteiger partial charge in [0, 0.05) is 12.1 Å². The molecular formula is C20H24N2O4. The number of carbonyl (C=O) groups excluding carboxylic acids is 3. The highest BCUT2D eigenvalue weighted by Crippen LogP contribution is 2.41. The number of fused-ring (bicyclic) bond motifs is 1. The van der Waals surface area contributed by atoms with Crippen molar-refractivity contribution in [3.05, 3.63) is 35.4 Å². The number of carbonyl (C=O) groups is 3. The van der Waals surface area contributed by atoms with Gasteiger partial charge in [-0.25, -0.2) is 0 Å². The van der Waals surface area contributed by atoms with Crippen LogP contribution in [0.2, 0.25) is 0 Å². The maximum Gasteiger partial charge on any atom is 0.249 e. The third-order valence-electron chi connectivity index (χ3n) is 6.09. The van der Waals surface area contributed by atoms with Crippen LogP contribution in [0.1, 0.15) is 53.9 Å². The van der Waals surface area contributed by atoms with Gasteiger partial charge in [-0.1, -0.05) is 31.0 Å². The van der Waals surface area contributed by atoms with Gasteiger partial charge in [-0.05, 0) is 36.8 Å². The molecule has 2 aliphatic heterocycles. The fourth-order valence-electron chi connectivity index (χ4n) is 4.89. The number of rotatable bonds is 4. The van der Waals surface area contributed by atoms with Gasteiger partial charge in [0.25, 0.3) is 0 Å². The van der Waals surface area contributed by atoms with E-state index in [0.717, 1.165) is 25.7 Å². The number of hydrogen-bond donors (Lipinski definition) is 1. The van der Waals surface area contributed by atoms with E-state index in [4.69, 9.17) is 10.5 Å². The first kappa shape index (κ1) is 17.2. The van der Waals surface area contributed by atoms with E-state index in [2.05, 4.69) is 0 Å². The molecule has 3 aliphatic rings. The van der Waals surface area contributed by atoms with E-state index in [1.165, 1.54) is 0 Å². The molecule has 2 saturated heterocycles. The van der Waals surface area contributed by atoms with Crippen molar-refractivity contribution in [3.8, 4) is 0 Å². The highest BCUT2D eigenvalue weighted by atomic mass is 16.5. The second-order valence-electron chi connectivity index (χ2n) is 7.55. The SMILES string of the molecule is NC(=O)c1ccccc1[C@@H](C(=O)N1CC[C@H]2OCC(=O)[C@H]21)C1CCCC1. The average Bonchev–Trinajstić information content (AvgIpc) is 3.35. The van der Waals surface area contributed by atoms with E-state index < -0.39 is 17.9 Å². The first-order valence-electron chi connectivity index (χ1n) is 9.41. The monoisotopic (exact) mass is 356 g/mol. The second kappa shape index (κ2) is 6.83. The zero-order valence-corrected chi connectivity index (χ0v) is 14.7. The van der Waals surface area contributed by atoms with E-state index in [9.17, 15) is 14.4 Å². The number of nitrogens with zero attached hydrogens (tertiary/aromatic N) is 1. The molecule has 1 aromatic rings. The molecule has 2 N–H and O–H groups in total. The third-order valence-corrected chi connectivity index (χ3v) is 6.09. The summed E-state index contributed by atoms with van der Waals surface area (Å²) in [6.07, 6.45) is 4.59. The Bertz CT molecular complexity index is 741. The predicted molar refractivity (Wildman–Crippen MR) is 94.5 cm³/mol. The van der Waals surface area contributed by atoms with Crippen molar-refractivity contribution in [3.63, 3.8) is 0 Å². The molecule has 0 bridgehead atoms. The molecule has 4 rings (SSSR count). The topological polar surface area (TPSA) is 89.7 Å². The summed E-state index contributed by atoms with van der Waals surface area (Å²) in [7, 11) is 0. The van der Waals surface area contributed by atoms with E-state index in [1.54, 1.807) is 17.0 Å². The van der Waals surface area contributed by atoms with Gasteiger partial charge in [-0.15, -0.1) is 0 Å². The maximum absolute atomic E-state index is 13.6. The number of amides is 2. The molecule has 0 aromatic heterocycles. The van der Waals surface area contributed by atoms with Gasteiger partial charge in [0.05, 0.1) is 12.0 Å². The summed E-state index contributed by atoms with van der Waals surface area (Å²) >= 11 is 0. The summed E-state index contributed by atoms with van der Waals surface area (Å²) in [6.45, 7) is 0.618. The largest absolute Gasteiger partial charge is 0.368 e. The van der Waals surface area contributed by atoms with E-state index in [1.807, 2.05) is 12.1 Å². The number of Topliss-reactive ketones (excluding diaryl/α,β-unsaturated/α-hetero) is 1. The summed E-state index contributed by atoms with van der Waals surface area (Å²) in [5.74, 6) is -0.838. The predicted octanol–water partition coefficient (Wildman–Crippen LogP) is 1.63. The standard InChI is InChI=1S/C20H24N2O4/c21-19(24)14-8-4-3-7-13(14)17(12-5-1-2-6-12)20(25)22-10-9-16-18(22)15(23)11-26-16/h3-4,7-8,12,16-18H,1-2,5-6,9-11H2,(H2,21,24)/t16-,17+,18-/m1/s1. The van der Waals surface area contributed by atoms with E-state index in [-0.39, 0.29) is 30.3 Å². The Morgan fingerprint density at radius 3 is 2.62 bits per heavy atom. The van der Waals surface area contributed by atoms with Crippen molar-refractivity contribution < 1.29 is 19.1 Å². The molecule has 3 atom stereocenters. The molecule has 2 amide bonds. The minimum Gasteiger partial charge on any atom is -0.368 e. The zero-order valence-electron chi connectivity index (χ0n) is 14.7. The van der Waals surface area contributed by atoms with Crippen LogP contribution < -0.4 is 5.73 Å². The van der Waals surface area contributed by atoms with Crippen LogP contribution in [0.25, 0.3) is 0 Å². The molecule has 0 spiro atoms. The van der Waals surface area contributed by atoms with Crippen LogP contribution in [0.5, 0.6) is 0 Å². The van der Waals surface area contributed by atoms with Crippen molar-refractivity contribution in [1.82, 2.24) is 4.90 Å². The Labute approximate surface area is 152 Å². The van der Waals surface area contributed by atoms with Crippen LogP contribution >= 0.6 is 0 Å². The lowest BCUT2D eigenvalue weighted by Gasteiger charge is -2.31. The van der Waals surface area contributed by atoms with Gasteiger partial charge in [0.1, 0.15) is 12.6 Å². The molecule has 0 unspecified atom stereocenters. The lowest BCUT2D eigenvalue weighted by Crippen LogP contribution is -2.45. The number of primary amides is 1. The van der Waals surface area contributed by atoms with Gasteiger partial charge >= 0.3 is 0 Å². The highest BCUT2D eigenvalue weighted by molar-refractivity contribution is 5.98. The summed E-state index contributed by atoms with van der Waals surface area (Å²) in [5, 5.41) is 0. The van der Waals surface area contributed by atoms with Crippen molar-refractivity contribution in [2.24, 2.45) is 11.7 Å². The maximum atomic E-state index is 13.6. The second-order valence-corrected chi connectivity index (χ2v) is 7.55. The zero-order chi connectivity index (χ0) is 18.3. The lowest BCUT2D eigenvalue weighted by atomic mass is 9.81. The molecule has 6 heteroatoms. The van der Waals surface area contributed by atoms with E-state index >= 15 is 0 Å². The van der Waals surface area contributed by atoms with Crippen LogP contribution in [0, 0.1) is 5.92 Å². The summed E-state index contributed by atoms with van der Waals surface area (Å²) in [5.41, 5.74) is 6.68. The van der Waals surface area contributed by atoms with Crippen molar-refractivity contribution in [2.75, 3.05) is 13.2 Å². The van der Waals surface area contributed by atoms with Crippen LogP contribution in [-0.2, 0) is 14.3 Å². The molecule has 6 nitrogen and oxygen atoms in total. The Morgan fingerprint density at radius 1 is 1.15 bits per heavy atom. The van der Waals surface area contributed by atoms with Gasteiger partial charge < -0.3 is 15.4 Å². The number of nitrogens with two attached hydrogens (primary N) is 1. The number of hydrogen-bond acceptors (Lipinski definition) is 4. The Morgan fingerprint density at radius 2 is 1.88 bits per heavy atom. The van der Waals surface area contributed by atoms with Gasteiger partial charge in [0.15, 0.2) is 5.78 Å². The molecular weight excluding hydrogens is 332 g/mol. The molecule has 26 heavy (non-hydrogen) atoms. The number of ketones is 1. The summed E-state index contributed by atoms with van der Waals surface area (Å²) in [4.78, 5) is 39.4. The van der Waals surface area contributed by atoms with Crippen LogP contribution in [0.3, 0.4) is 0 Å². The molecule has 0 radical (unpaired) electrons. The Balaban J connectivity index is 1.71. The summed E-state index contributed by atoms with van der Waals surface area (Å²) in [6, 6.07) is 6.66. The minimum atomic E-state index is -0.518. The van der Waals surface area contributed by atoms with Crippen LogP contribution in [0.15, 0.2) is 24.3 Å². The Kier molecular flexibility index (Phi) is 4.53. The first-order valence-corrected chi connectivity index (χ1v) is 9.41. The van der Waals surface area contributed by atoms with Crippen molar-refractivity contribution in [1.29, 1.82) is 0 Å². The minimum absolute atomic E-state index is 0.0193. The van der Waals surface area contributed by atoms with Crippen molar-refractivity contribution >= 4 is 17.6 Å². The van der Waals surface area contributed by atoms with Crippen molar-refractivity contribution in [2.45, 2.75) is 50.2 Å². The Hall–Kier alpha value is -2.21. The van der Waals surface area contributed by atoms with Crippen LogP contribution in [0.4, 0.5) is 0 Å². The third kappa shape index (κ3) is 2.82. The van der Waals surface area contributed by atoms with E-state index in [0.29, 0.717) is 24.1 Å². The van der Waals surface area contributed by atoms with Crippen LogP contribution in [-0.4, -0.2) is 47.8 Å². The summed E-state index contributed by atoms with van der Waals surface area (Å²) < 4.78 is 5.52. The first-order chi connectivity index (χ1) is 12.6. The highest BCUT2D eigenvalue weighted by Gasteiger charge is 2.49. The molecule has 1 saturated carbocycles.